The van der Waals surface area contributed by atoms with Crippen LogP contribution in [-0.4, -0.2) is 29.9 Å². The van der Waals surface area contributed by atoms with E-state index >= 15 is 0 Å². The van der Waals surface area contributed by atoms with E-state index in [0.29, 0.717) is 31.6 Å². The fourth-order valence-corrected chi connectivity index (χ4v) is 4.56. The maximum atomic E-state index is 12.9. The van der Waals surface area contributed by atoms with Gasteiger partial charge in [0.05, 0.1) is 24.9 Å². The second-order valence-corrected chi connectivity index (χ2v) is 8.54. The summed E-state index contributed by atoms with van der Waals surface area (Å²) in [5.74, 6) is -0.509. The molecule has 0 heterocycles. The molecule has 33 heavy (non-hydrogen) atoms. The molecule has 0 radical (unpaired) electrons. The summed E-state index contributed by atoms with van der Waals surface area (Å²) in [7, 11) is 0. The zero-order valence-corrected chi connectivity index (χ0v) is 18.7. The Bertz CT molecular complexity index is 1030. The molecule has 1 N–H and O–H groups in total. The van der Waals surface area contributed by atoms with Crippen LogP contribution in [0.25, 0.3) is 11.1 Å². The SMILES string of the molecule is C=CCC1C(O)CC(OC(=O)c2ccc(-c3ccccc3)cc2)C1COCc1ccccc1. The molecule has 4 rings (SSSR count). The molecule has 4 nitrogen and oxygen atoms in total. The number of carbonyl (C=O) groups excluding carboxylic acids is 1. The first kappa shape index (κ1) is 23.0. The molecule has 0 aliphatic heterocycles. The second-order valence-electron chi connectivity index (χ2n) is 8.54. The standard InChI is InChI=1S/C29H30O4/c1-2-9-25-26(20-32-19-21-10-5-3-6-11-21)28(18-27(25)30)33-29(31)24-16-14-23(15-17-24)22-12-7-4-8-13-22/h2-8,10-17,25-28,30H,1,9,18-20H2. The summed E-state index contributed by atoms with van der Waals surface area (Å²) in [6.07, 6.45) is 1.92. The Kier molecular flexibility index (Phi) is 7.71. The van der Waals surface area contributed by atoms with Crippen molar-refractivity contribution in [3.8, 4) is 11.1 Å². The van der Waals surface area contributed by atoms with Gasteiger partial charge in [0, 0.05) is 12.3 Å². The quantitative estimate of drug-likeness (QED) is 0.343. The number of hydrogen-bond donors (Lipinski definition) is 1. The first-order chi connectivity index (χ1) is 16.2. The normalized spacial score (nSPS) is 22.1. The van der Waals surface area contributed by atoms with Crippen LogP contribution in [0.15, 0.2) is 97.6 Å². The van der Waals surface area contributed by atoms with Gasteiger partial charge in [-0.25, -0.2) is 4.79 Å². The summed E-state index contributed by atoms with van der Waals surface area (Å²) < 4.78 is 11.9. The van der Waals surface area contributed by atoms with Gasteiger partial charge in [0.1, 0.15) is 6.10 Å². The van der Waals surface area contributed by atoms with Crippen LogP contribution in [-0.2, 0) is 16.1 Å². The molecule has 0 bridgehead atoms. The van der Waals surface area contributed by atoms with Crippen molar-refractivity contribution in [2.75, 3.05) is 6.61 Å². The third-order valence-electron chi connectivity index (χ3n) is 6.34. The van der Waals surface area contributed by atoms with E-state index in [2.05, 4.69) is 6.58 Å². The molecule has 1 fully saturated rings. The number of rotatable bonds is 9. The van der Waals surface area contributed by atoms with Gasteiger partial charge in [0.2, 0.25) is 0 Å². The van der Waals surface area contributed by atoms with Crippen molar-refractivity contribution >= 4 is 5.97 Å². The minimum Gasteiger partial charge on any atom is -0.458 e. The summed E-state index contributed by atoms with van der Waals surface area (Å²) in [6.45, 7) is 4.72. The Balaban J connectivity index is 1.41. The Hall–Kier alpha value is -3.21. The fourth-order valence-electron chi connectivity index (χ4n) is 4.56. The fraction of sp³-hybridized carbons (Fsp3) is 0.276. The van der Waals surface area contributed by atoms with E-state index in [9.17, 15) is 9.90 Å². The van der Waals surface area contributed by atoms with Crippen molar-refractivity contribution in [2.24, 2.45) is 11.8 Å². The van der Waals surface area contributed by atoms with Crippen LogP contribution in [0.3, 0.4) is 0 Å². The number of esters is 1. The number of benzene rings is 3. The Labute approximate surface area is 195 Å². The van der Waals surface area contributed by atoms with E-state index in [1.165, 1.54) is 0 Å². The van der Waals surface area contributed by atoms with E-state index in [-0.39, 0.29) is 17.8 Å². The predicted molar refractivity (Wildman–Crippen MR) is 130 cm³/mol. The summed E-state index contributed by atoms with van der Waals surface area (Å²) in [4.78, 5) is 12.9. The molecule has 1 aliphatic carbocycles. The molecule has 4 heteroatoms. The molecule has 0 spiro atoms. The van der Waals surface area contributed by atoms with Crippen molar-refractivity contribution in [3.63, 3.8) is 0 Å². The van der Waals surface area contributed by atoms with Crippen LogP contribution in [0, 0.1) is 11.8 Å². The number of ether oxygens (including phenoxy) is 2. The summed E-state index contributed by atoms with van der Waals surface area (Å²) in [6, 6.07) is 27.4. The first-order valence-electron chi connectivity index (χ1n) is 11.4. The summed E-state index contributed by atoms with van der Waals surface area (Å²) in [5, 5.41) is 10.6. The molecule has 1 aliphatic rings. The van der Waals surface area contributed by atoms with Gasteiger partial charge in [-0.3, -0.25) is 0 Å². The highest BCUT2D eigenvalue weighted by Gasteiger charge is 2.44. The monoisotopic (exact) mass is 442 g/mol. The van der Waals surface area contributed by atoms with E-state index in [0.717, 1.165) is 16.7 Å². The lowest BCUT2D eigenvalue weighted by molar-refractivity contribution is -0.00905. The van der Waals surface area contributed by atoms with Crippen molar-refractivity contribution < 1.29 is 19.4 Å². The van der Waals surface area contributed by atoms with Crippen LogP contribution in [0.4, 0.5) is 0 Å². The van der Waals surface area contributed by atoms with Gasteiger partial charge in [-0.05, 0) is 41.2 Å². The highest BCUT2D eigenvalue weighted by atomic mass is 16.5. The first-order valence-corrected chi connectivity index (χ1v) is 11.4. The molecule has 0 aromatic heterocycles. The third kappa shape index (κ3) is 5.78. The van der Waals surface area contributed by atoms with Crippen LogP contribution in [0.1, 0.15) is 28.8 Å². The maximum absolute atomic E-state index is 12.9. The van der Waals surface area contributed by atoms with Crippen LogP contribution in [0.5, 0.6) is 0 Å². The lowest BCUT2D eigenvalue weighted by atomic mass is 9.91. The van der Waals surface area contributed by atoms with E-state index in [1.807, 2.05) is 78.9 Å². The Morgan fingerprint density at radius 3 is 2.21 bits per heavy atom. The maximum Gasteiger partial charge on any atom is 0.338 e. The number of allylic oxidation sites excluding steroid dienone is 1. The Morgan fingerprint density at radius 2 is 1.55 bits per heavy atom. The molecular formula is C29H30O4. The van der Waals surface area contributed by atoms with Gasteiger partial charge < -0.3 is 14.6 Å². The molecule has 0 amide bonds. The molecule has 170 valence electrons. The van der Waals surface area contributed by atoms with Gasteiger partial charge >= 0.3 is 5.97 Å². The minimum atomic E-state index is -0.549. The number of aliphatic hydroxyl groups is 1. The van der Waals surface area contributed by atoms with E-state index in [1.54, 1.807) is 12.1 Å². The van der Waals surface area contributed by atoms with Gasteiger partial charge in [-0.15, -0.1) is 6.58 Å². The van der Waals surface area contributed by atoms with Crippen LogP contribution < -0.4 is 0 Å². The summed E-state index contributed by atoms with van der Waals surface area (Å²) in [5.41, 5.74) is 3.73. The van der Waals surface area contributed by atoms with Crippen molar-refractivity contribution in [3.05, 3.63) is 109 Å². The molecular weight excluding hydrogens is 412 g/mol. The number of hydrogen-bond acceptors (Lipinski definition) is 4. The molecule has 4 atom stereocenters. The smallest absolute Gasteiger partial charge is 0.338 e. The van der Waals surface area contributed by atoms with Gasteiger partial charge in [0.15, 0.2) is 0 Å². The molecule has 4 unspecified atom stereocenters. The average Bonchev–Trinajstić information content (AvgIpc) is 3.14. The van der Waals surface area contributed by atoms with Gasteiger partial charge in [0.25, 0.3) is 0 Å². The van der Waals surface area contributed by atoms with Crippen LogP contribution in [0.2, 0.25) is 0 Å². The van der Waals surface area contributed by atoms with Gasteiger partial charge in [-0.1, -0.05) is 78.9 Å². The largest absolute Gasteiger partial charge is 0.458 e. The topological polar surface area (TPSA) is 55.8 Å². The van der Waals surface area contributed by atoms with Crippen molar-refractivity contribution in [1.29, 1.82) is 0 Å². The lowest BCUT2D eigenvalue weighted by Gasteiger charge is -2.24. The van der Waals surface area contributed by atoms with Crippen LogP contribution >= 0.6 is 0 Å². The number of carbonyl (C=O) groups is 1. The highest BCUT2D eigenvalue weighted by Crippen LogP contribution is 2.38. The zero-order chi connectivity index (χ0) is 23.0. The minimum absolute atomic E-state index is 0.0449. The van der Waals surface area contributed by atoms with Crippen molar-refractivity contribution in [2.45, 2.75) is 31.7 Å². The highest BCUT2D eigenvalue weighted by molar-refractivity contribution is 5.90. The molecule has 1 saturated carbocycles. The molecule has 3 aromatic carbocycles. The van der Waals surface area contributed by atoms with Crippen molar-refractivity contribution in [1.82, 2.24) is 0 Å². The Morgan fingerprint density at radius 1 is 0.909 bits per heavy atom. The second kappa shape index (κ2) is 11.1. The number of aliphatic hydroxyl groups excluding tert-OH is 1. The molecule has 0 saturated heterocycles. The van der Waals surface area contributed by atoms with Gasteiger partial charge in [-0.2, -0.15) is 0 Å². The zero-order valence-electron chi connectivity index (χ0n) is 18.7. The third-order valence-corrected chi connectivity index (χ3v) is 6.34. The predicted octanol–water partition coefficient (Wildman–Crippen LogP) is 5.67. The van der Waals surface area contributed by atoms with E-state index < -0.39 is 12.2 Å². The summed E-state index contributed by atoms with van der Waals surface area (Å²) >= 11 is 0. The lowest BCUT2D eigenvalue weighted by Crippen LogP contribution is -2.29. The molecule has 3 aromatic rings. The van der Waals surface area contributed by atoms with E-state index in [4.69, 9.17) is 9.47 Å². The average molecular weight is 443 g/mol.